The number of hydrogen-bond donors (Lipinski definition) is 0. The molecule has 0 amide bonds. The summed E-state index contributed by atoms with van der Waals surface area (Å²) < 4.78 is 3.38. The van der Waals surface area contributed by atoms with Gasteiger partial charge in [0.05, 0.1) is 12.3 Å². The fraction of sp³-hybridized carbons (Fsp3) is 0.150. The number of fused-ring (bicyclic) bond motifs is 1. The highest BCUT2D eigenvalue weighted by molar-refractivity contribution is 8.08. The zero-order chi connectivity index (χ0) is 19.0. The summed E-state index contributed by atoms with van der Waals surface area (Å²) >= 11 is 3.06. The van der Waals surface area contributed by atoms with E-state index in [-0.39, 0.29) is 5.56 Å². The summed E-state index contributed by atoms with van der Waals surface area (Å²) in [5.41, 5.74) is 2.41. The summed E-state index contributed by atoms with van der Waals surface area (Å²) in [6.07, 6.45) is 3.69. The summed E-state index contributed by atoms with van der Waals surface area (Å²) in [6, 6.07) is 11.4. The van der Waals surface area contributed by atoms with Crippen molar-refractivity contribution in [3.05, 3.63) is 79.3 Å². The van der Waals surface area contributed by atoms with E-state index >= 15 is 0 Å². The van der Waals surface area contributed by atoms with E-state index in [1.54, 1.807) is 22.5 Å². The Labute approximate surface area is 164 Å². The Bertz CT molecular complexity index is 1240. The van der Waals surface area contributed by atoms with Crippen LogP contribution in [0, 0.1) is 6.57 Å². The Morgan fingerprint density at radius 2 is 2.15 bits per heavy atom. The molecule has 5 nitrogen and oxygen atoms in total. The quantitative estimate of drug-likeness (QED) is 0.629. The molecule has 7 heteroatoms. The third-order valence-electron chi connectivity index (χ3n) is 4.33. The summed E-state index contributed by atoms with van der Waals surface area (Å²) in [4.78, 5) is 24.0. The molecule has 3 heterocycles. The third kappa shape index (κ3) is 3.07. The number of anilines is 1. The van der Waals surface area contributed by atoms with Gasteiger partial charge in [0.2, 0.25) is 0 Å². The fourth-order valence-electron chi connectivity index (χ4n) is 2.96. The lowest BCUT2D eigenvalue weighted by molar-refractivity contribution is 0.722. The molecule has 1 aliphatic rings. The molecule has 1 aliphatic heterocycles. The van der Waals surface area contributed by atoms with Crippen LogP contribution in [0.3, 0.4) is 0 Å². The molecule has 0 N–H and O–H groups in total. The maximum atomic E-state index is 13.0. The highest BCUT2D eigenvalue weighted by atomic mass is 32.2. The monoisotopic (exact) mass is 392 g/mol. The molecule has 0 bridgehead atoms. The predicted molar refractivity (Wildman–Crippen MR) is 112 cm³/mol. The third-order valence-corrected chi connectivity index (χ3v) is 6.81. The second kappa shape index (κ2) is 7.06. The first-order valence-electron chi connectivity index (χ1n) is 8.42. The van der Waals surface area contributed by atoms with Crippen LogP contribution in [0.1, 0.15) is 12.6 Å². The van der Waals surface area contributed by atoms with Gasteiger partial charge in [-0.15, -0.1) is 11.3 Å². The number of thiazole rings is 1. The lowest BCUT2D eigenvalue weighted by Crippen LogP contribution is -2.33. The van der Waals surface area contributed by atoms with Crippen LogP contribution < -0.4 is 19.7 Å². The molecule has 0 radical (unpaired) electrons. The Morgan fingerprint density at radius 3 is 2.85 bits per heavy atom. The molecule has 0 unspecified atom stereocenters. The molecule has 27 heavy (non-hydrogen) atoms. The van der Waals surface area contributed by atoms with Gasteiger partial charge in [-0.2, -0.15) is 0 Å². The first-order chi connectivity index (χ1) is 13.1. The van der Waals surface area contributed by atoms with Crippen molar-refractivity contribution in [2.24, 2.45) is 0 Å². The predicted octanol–water partition coefficient (Wildman–Crippen LogP) is 3.01. The Hall–Kier alpha value is -2.82. The zero-order valence-electron chi connectivity index (χ0n) is 14.8. The number of nitrogens with zero attached hydrogens (tertiary/aromatic N) is 4. The van der Waals surface area contributed by atoms with E-state index < -0.39 is 0 Å². The highest BCUT2D eigenvalue weighted by Gasteiger charge is 2.24. The first kappa shape index (κ1) is 17.6. The molecule has 0 aliphatic carbocycles. The SMILES string of the molecule is [C-]#[N+]c1ccc2c(c1)N(C)/C(=c1\s/c(=C\c3ccccn3)n(CC)c1=O)S2. The van der Waals surface area contributed by atoms with Gasteiger partial charge in [-0.3, -0.25) is 14.3 Å². The van der Waals surface area contributed by atoms with Crippen molar-refractivity contribution in [3.8, 4) is 0 Å². The fourth-order valence-corrected chi connectivity index (χ4v) is 5.40. The van der Waals surface area contributed by atoms with Crippen molar-refractivity contribution in [3.63, 3.8) is 0 Å². The molecule has 0 spiro atoms. The largest absolute Gasteiger partial charge is 0.338 e. The van der Waals surface area contributed by atoms with Crippen molar-refractivity contribution in [2.45, 2.75) is 18.4 Å². The van der Waals surface area contributed by atoms with Gasteiger partial charge in [0.25, 0.3) is 5.56 Å². The van der Waals surface area contributed by atoms with Gasteiger partial charge in [0.1, 0.15) is 14.2 Å². The average Bonchev–Trinajstić information content (AvgIpc) is 3.18. The van der Waals surface area contributed by atoms with E-state index in [2.05, 4.69) is 9.83 Å². The van der Waals surface area contributed by atoms with Crippen molar-refractivity contribution < 1.29 is 0 Å². The van der Waals surface area contributed by atoms with Crippen LogP contribution in [0.4, 0.5) is 11.4 Å². The van der Waals surface area contributed by atoms with Gasteiger partial charge in [0, 0.05) is 30.4 Å². The molecule has 4 rings (SSSR count). The summed E-state index contributed by atoms with van der Waals surface area (Å²) in [5, 5.41) is 0.907. The number of hydrogen-bond acceptors (Lipinski definition) is 5. The van der Waals surface area contributed by atoms with Crippen molar-refractivity contribution in [2.75, 3.05) is 11.9 Å². The topological polar surface area (TPSA) is 42.5 Å². The summed E-state index contributed by atoms with van der Waals surface area (Å²) in [5.74, 6) is 0. The van der Waals surface area contributed by atoms with E-state index in [0.29, 0.717) is 16.8 Å². The van der Waals surface area contributed by atoms with E-state index in [0.717, 1.165) is 26.0 Å². The minimum absolute atomic E-state index is 0.0113. The number of benzene rings is 1. The number of aromatic nitrogens is 2. The minimum Gasteiger partial charge on any atom is -0.338 e. The molecule has 0 fully saturated rings. The molecule has 1 aromatic carbocycles. The van der Waals surface area contributed by atoms with E-state index in [9.17, 15) is 4.79 Å². The maximum absolute atomic E-state index is 13.0. The van der Waals surface area contributed by atoms with Gasteiger partial charge in [-0.05, 0) is 31.2 Å². The molecule has 134 valence electrons. The molecule has 3 aromatic rings. The van der Waals surface area contributed by atoms with Crippen molar-refractivity contribution in [1.82, 2.24) is 9.55 Å². The lowest BCUT2D eigenvalue weighted by Gasteiger charge is -2.12. The van der Waals surface area contributed by atoms with Crippen molar-refractivity contribution >= 4 is 45.6 Å². The normalized spacial score (nSPS) is 15.7. The molecular formula is C20H16N4OS2. The average molecular weight is 393 g/mol. The maximum Gasteiger partial charge on any atom is 0.271 e. The van der Waals surface area contributed by atoms with Gasteiger partial charge in [0.15, 0.2) is 5.69 Å². The van der Waals surface area contributed by atoms with Crippen LogP contribution in [-0.4, -0.2) is 16.6 Å². The molecule has 0 saturated heterocycles. The number of thioether (sulfide) groups is 1. The smallest absolute Gasteiger partial charge is 0.271 e. The summed E-state index contributed by atoms with van der Waals surface area (Å²) in [7, 11) is 1.94. The molecule has 0 saturated carbocycles. The van der Waals surface area contributed by atoms with Crippen LogP contribution in [0.2, 0.25) is 0 Å². The van der Waals surface area contributed by atoms with Crippen LogP contribution >= 0.6 is 23.1 Å². The standard InChI is InChI=1S/C20H16N4OS2/c1-4-24-17(12-14-7-5-6-10-22-14)27-18(19(24)25)20-23(3)15-11-13(21-2)8-9-16(15)26-20/h5-12H,4H2,1,3H3/b17-12-,20-18+. The zero-order valence-corrected chi connectivity index (χ0v) is 16.5. The van der Waals surface area contributed by atoms with Crippen LogP contribution in [-0.2, 0) is 6.54 Å². The summed E-state index contributed by atoms with van der Waals surface area (Å²) in [6.45, 7) is 9.79. The second-order valence-electron chi connectivity index (χ2n) is 5.95. The Kier molecular flexibility index (Phi) is 4.60. The Morgan fingerprint density at radius 1 is 1.30 bits per heavy atom. The Balaban J connectivity index is 1.92. The van der Waals surface area contributed by atoms with Crippen molar-refractivity contribution in [1.29, 1.82) is 0 Å². The molecular weight excluding hydrogens is 376 g/mol. The van der Waals surface area contributed by atoms with E-state index in [4.69, 9.17) is 6.57 Å². The highest BCUT2D eigenvalue weighted by Crippen LogP contribution is 2.46. The van der Waals surface area contributed by atoms with Gasteiger partial charge in [-0.1, -0.05) is 30.0 Å². The van der Waals surface area contributed by atoms with E-state index in [1.165, 1.54) is 11.3 Å². The van der Waals surface area contributed by atoms with Gasteiger partial charge in [-0.25, -0.2) is 4.85 Å². The van der Waals surface area contributed by atoms with Gasteiger partial charge < -0.3 is 4.90 Å². The number of pyridine rings is 1. The van der Waals surface area contributed by atoms with Crippen LogP contribution in [0.5, 0.6) is 0 Å². The lowest BCUT2D eigenvalue weighted by atomic mass is 10.2. The van der Waals surface area contributed by atoms with Crippen LogP contribution in [0.25, 0.3) is 16.0 Å². The molecule has 0 atom stereocenters. The van der Waals surface area contributed by atoms with Gasteiger partial charge >= 0.3 is 0 Å². The molecule has 2 aromatic heterocycles. The number of rotatable bonds is 2. The first-order valence-corrected chi connectivity index (χ1v) is 10.1. The van der Waals surface area contributed by atoms with E-state index in [1.807, 2.05) is 61.3 Å². The van der Waals surface area contributed by atoms with Crippen LogP contribution in [0.15, 0.2) is 52.3 Å². The minimum atomic E-state index is 0.0113. The second-order valence-corrected chi connectivity index (χ2v) is 8.01.